The third-order valence-corrected chi connectivity index (χ3v) is 6.62. The van der Waals surface area contributed by atoms with E-state index in [4.69, 9.17) is 0 Å². The molecule has 0 bridgehead atoms. The molecule has 43 heavy (non-hydrogen) atoms. The lowest BCUT2D eigenvalue weighted by molar-refractivity contribution is -0.123. The van der Waals surface area contributed by atoms with Crippen LogP contribution in [0, 0.1) is 0 Å². The monoisotopic (exact) mass is 586 g/mol. The molecule has 13 nitrogen and oxygen atoms in total. The maximum atomic E-state index is 13.3. The summed E-state index contributed by atoms with van der Waals surface area (Å²) >= 11 is 0. The van der Waals surface area contributed by atoms with Gasteiger partial charge in [0.2, 0.25) is 11.8 Å². The van der Waals surface area contributed by atoms with Gasteiger partial charge in [0.15, 0.2) is 5.65 Å². The minimum atomic E-state index is -1.01. The van der Waals surface area contributed by atoms with Crippen LogP contribution in [0.4, 0.5) is 10.5 Å². The van der Waals surface area contributed by atoms with Crippen molar-refractivity contribution in [2.75, 3.05) is 26.5 Å². The van der Waals surface area contributed by atoms with E-state index in [1.54, 1.807) is 32.4 Å². The van der Waals surface area contributed by atoms with E-state index in [9.17, 15) is 19.2 Å². The summed E-state index contributed by atoms with van der Waals surface area (Å²) in [5.41, 5.74) is 2.81. The highest BCUT2D eigenvalue weighted by Gasteiger charge is 2.22. The van der Waals surface area contributed by atoms with E-state index in [2.05, 4.69) is 47.4 Å². The van der Waals surface area contributed by atoms with Gasteiger partial charge in [0.25, 0.3) is 5.56 Å². The zero-order chi connectivity index (χ0) is 30.8. The molecule has 0 aliphatic heterocycles. The van der Waals surface area contributed by atoms with Gasteiger partial charge in [-0.1, -0.05) is 36.4 Å². The van der Waals surface area contributed by atoms with Gasteiger partial charge >= 0.3 is 6.09 Å². The largest absolute Gasteiger partial charge is 0.453 e. The van der Waals surface area contributed by atoms with E-state index in [1.165, 1.54) is 40.6 Å². The maximum Gasteiger partial charge on any atom is 0.407 e. The number of hydrogen-bond acceptors (Lipinski definition) is 8. The molecule has 3 heterocycles. The molecule has 0 aliphatic carbocycles. The zero-order valence-corrected chi connectivity index (χ0v) is 24.2. The van der Waals surface area contributed by atoms with Gasteiger partial charge in [-0.05, 0) is 49.5 Å². The van der Waals surface area contributed by atoms with Crippen LogP contribution in [0.1, 0.15) is 29.9 Å². The molecule has 1 unspecified atom stereocenters. The number of aromatic amines is 1. The predicted molar refractivity (Wildman–Crippen MR) is 160 cm³/mol. The highest BCUT2D eigenvalue weighted by Crippen LogP contribution is 2.15. The van der Waals surface area contributed by atoms with Crippen molar-refractivity contribution in [2.24, 2.45) is 0 Å². The van der Waals surface area contributed by atoms with Crippen LogP contribution in [0.25, 0.3) is 11.2 Å². The lowest BCUT2D eigenvalue weighted by Gasteiger charge is -2.17. The fourth-order valence-corrected chi connectivity index (χ4v) is 4.30. The second-order valence-electron chi connectivity index (χ2n) is 9.93. The number of likely N-dealkylation sites (N-methyl/N-ethyl adjacent to an activating group) is 1. The molecule has 1 aromatic carbocycles. The van der Waals surface area contributed by atoms with Crippen molar-refractivity contribution in [3.63, 3.8) is 0 Å². The molecule has 0 radical (unpaired) electrons. The van der Waals surface area contributed by atoms with Gasteiger partial charge in [-0.25, -0.2) is 19.7 Å². The molecule has 0 saturated carbocycles. The number of alkyl carbamates (subject to hydrolysis) is 1. The smallest absolute Gasteiger partial charge is 0.407 e. The van der Waals surface area contributed by atoms with Crippen LogP contribution in [0.5, 0.6) is 0 Å². The standard InChI is InChI=1S/C30H34N8O5/c1-37(2)25(39)14-8-7-12-22(34-30(42)43-3)28(40)33-23-13-9-17-38(29(23)41)18-24-35-26-21(31-19-32-27(26)36-24)16-15-20-10-5-4-6-11-20/h4-6,8-11,13-14,17,19,22H,7,12,15-16,18H2,1-3H3,(H,33,40)(H,34,42)(H,31,32,35,36)/b14-8+. The molecule has 3 aromatic heterocycles. The fourth-order valence-electron chi connectivity index (χ4n) is 4.30. The van der Waals surface area contributed by atoms with Gasteiger partial charge in [-0.2, -0.15) is 0 Å². The van der Waals surface area contributed by atoms with Gasteiger partial charge in [0.05, 0.1) is 19.3 Å². The number of allylic oxidation sites excluding steroid dienone is 1. The van der Waals surface area contributed by atoms with E-state index < -0.39 is 23.6 Å². The van der Waals surface area contributed by atoms with E-state index in [-0.39, 0.29) is 24.6 Å². The summed E-state index contributed by atoms with van der Waals surface area (Å²) in [6.45, 7) is 0.103. The number of pyridine rings is 1. The molecule has 1 atom stereocenters. The van der Waals surface area contributed by atoms with Crippen molar-refractivity contribution in [3.05, 3.63) is 94.6 Å². The Kier molecular flexibility index (Phi) is 10.3. The Morgan fingerprint density at radius 1 is 1.09 bits per heavy atom. The molecule has 0 saturated heterocycles. The number of amides is 3. The first-order valence-corrected chi connectivity index (χ1v) is 13.7. The highest BCUT2D eigenvalue weighted by molar-refractivity contribution is 5.96. The first-order chi connectivity index (χ1) is 20.7. The third-order valence-electron chi connectivity index (χ3n) is 6.62. The molecule has 0 spiro atoms. The molecular weight excluding hydrogens is 552 g/mol. The molecule has 0 fully saturated rings. The summed E-state index contributed by atoms with van der Waals surface area (Å²) in [5, 5.41) is 5.08. The highest BCUT2D eigenvalue weighted by atomic mass is 16.5. The Labute approximate surface area is 248 Å². The number of nitrogens with zero attached hydrogens (tertiary/aromatic N) is 5. The van der Waals surface area contributed by atoms with Crippen molar-refractivity contribution < 1.29 is 19.1 Å². The van der Waals surface area contributed by atoms with Crippen molar-refractivity contribution in [2.45, 2.75) is 38.3 Å². The van der Waals surface area contributed by atoms with Crippen LogP contribution in [-0.4, -0.2) is 74.6 Å². The molecule has 3 amide bonds. The van der Waals surface area contributed by atoms with Gasteiger partial charge in [-0.3, -0.25) is 14.4 Å². The topological polar surface area (TPSA) is 164 Å². The van der Waals surface area contributed by atoms with E-state index >= 15 is 0 Å². The number of methoxy groups -OCH3 is 1. The predicted octanol–water partition coefficient (Wildman–Crippen LogP) is 2.44. The number of rotatable bonds is 12. The second-order valence-corrected chi connectivity index (χ2v) is 9.93. The summed E-state index contributed by atoms with van der Waals surface area (Å²) in [4.78, 5) is 67.9. The van der Waals surface area contributed by atoms with Crippen molar-refractivity contribution in [1.29, 1.82) is 0 Å². The molecule has 0 aliphatic rings. The Morgan fingerprint density at radius 3 is 2.63 bits per heavy atom. The number of imidazole rings is 1. The summed E-state index contributed by atoms with van der Waals surface area (Å²) in [5.74, 6) is -0.298. The van der Waals surface area contributed by atoms with E-state index in [1.807, 2.05) is 18.2 Å². The zero-order valence-electron chi connectivity index (χ0n) is 24.2. The normalized spacial score (nSPS) is 11.8. The number of ether oxygens (including phenoxy) is 1. The van der Waals surface area contributed by atoms with Crippen molar-refractivity contribution in [1.82, 2.24) is 34.7 Å². The first kappa shape index (κ1) is 30.6. The Balaban J connectivity index is 1.46. The van der Waals surface area contributed by atoms with Crippen molar-refractivity contribution in [3.8, 4) is 0 Å². The van der Waals surface area contributed by atoms with Crippen LogP contribution in [0.15, 0.2) is 71.9 Å². The minimum absolute atomic E-state index is 0.0296. The van der Waals surface area contributed by atoms with Crippen molar-refractivity contribution >= 4 is 34.8 Å². The lowest BCUT2D eigenvalue weighted by Crippen LogP contribution is -2.44. The van der Waals surface area contributed by atoms with Crippen LogP contribution < -0.4 is 16.2 Å². The number of aromatic nitrogens is 5. The SMILES string of the molecule is COC(=O)NC(CC/C=C/C(=O)N(C)C)C(=O)Nc1cccn(Cc2nc3ncnc(CCc4ccccc4)c3[nH]2)c1=O. The van der Waals surface area contributed by atoms with Gasteiger partial charge in [-0.15, -0.1) is 0 Å². The van der Waals surface area contributed by atoms with Crippen LogP contribution in [-0.2, 0) is 33.7 Å². The molecule has 4 aromatic rings. The number of hydrogen-bond donors (Lipinski definition) is 3. The molecule has 224 valence electrons. The van der Waals surface area contributed by atoms with Crippen LogP contribution >= 0.6 is 0 Å². The van der Waals surface area contributed by atoms with Gasteiger partial charge in [0, 0.05) is 20.3 Å². The number of carbonyl (C=O) groups excluding carboxylic acids is 3. The number of H-pyrrole nitrogens is 1. The Hall–Kier alpha value is -5.33. The van der Waals surface area contributed by atoms with Crippen LogP contribution in [0.2, 0.25) is 0 Å². The molecule has 4 rings (SSSR count). The molecule has 13 heteroatoms. The first-order valence-electron chi connectivity index (χ1n) is 13.7. The third kappa shape index (κ3) is 8.35. The quantitative estimate of drug-likeness (QED) is 0.213. The fraction of sp³-hybridized carbons (Fsp3) is 0.300. The average molecular weight is 587 g/mol. The Bertz CT molecular complexity index is 1660. The number of anilines is 1. The summed E-state index contributed by atoms with van der Waals surface area (Å²) < 4.78 is 6.05. The molecular formula is C30H34N8O5. The number of benzene rings is 1. The number of carbonyl (C=O) groups is 3. The number of nitrogens with one attached hydrogen (secondary N) is 3. The number of fused-ring (bicyclic) bond motifs is 1. The Morgan fingerprint density at radius 2 is 1.88 bits per heavy atom. The minimum Gasteiger partial charge on any atom is -0.453 e. The van der Waals surface area contributed by atoms with Gasteiger partial charge < -0.3 is 29.8 Å². The average Bonchev–Trinajstić information content (AvgIpc) is 3.43. The van der Waals surface area contributed by atoms with E-state index in [0.717, 1.165) is 12.1 Å². The molecule has 3 N–H and O–H groups in total. The summed E-state index contributed by atoms with van der Waals surface area (Å²) in [6, 6.07) is 12.2. The number of aryl methyl sites for hydroxylation is 2. The second kappa shape index (κ2) is 14.5. The van der Waals surface area contributed by atoms with Gasteiger partial charge in [0.1, 0.15) is 29.4 Å². The lowest BCUT2D eigenvalue weighted by atomic mass is 10.1. The van der Waals surface area contributed by atoms with Crippen LogP contribution in [0.3, 0.4) is 0 Å². The van der Waals surface area contributed by atoms with E-state index in [0.29, 0.717) is 29.8 Å². The maximum absolute atomic E-state index is 13.3. The summed E-state index contributed by atoms with van der Waals surface area (Å²) in [6.07, 6.45) is 7.26. The summed E-state index contributed by atoms with van der Waals surface area (Å²) in [7, 11) is 4.44.